The quantitative estimate of drug-likeness (QED) is 0.899. The first kappa shape index (κ1) is 16.6. The summed E-state index contributed by atoms with van der Waals surface area (Å²) in [6, 6.07) is 2.25. The fourth-order valence-corrected chi connectivity index (χ4v) is 4.78. The first-order valence-electron chi connectivity index (χ1n) is 7.66. The summed E-state index contributed by atoms with van der Waals surface area (Å²) in [5, 5.41) is 3.43. The number of ether oxygens (including phenoxy) is 2. The summed E-state index contributed by atoms with van der Waals surface area (Å²) in [5.74, 6) is 0.585. The van der Waals surface area contributed by atoms with E-state index in [1.54, 1.807) is 30.8 Å². The van der Waals surface area contributed by atoms with E-state index in [4.69, 9.17) is 9.47 Å². The van der Waals surface area contributed by atoms with E-state index in [0.29, 0.717) is 5.88 Å². The Balaban J connectivity index is 0.00000156. The van der Waals surface area contributed by atoms with Crippen molar-refractivity contribution in [1.29, 1.82) is 0 Å². The molecule has 1 spiro atoms. The Hall–Kier alpha value is -1.21. The Morgan fingerprint density at radius 1 is 1.26 bits per heavy atom. The van der Waals surface area contributed by atoms with Gasteiger partial charge in [-0.1, -0.05) is 0 Å². The van der Waals surface area contributed by atoms with Crippen LogP contribution in [-0.4, -0.2) is 36.8 Å². The average Bonchev–Trinajstić information content (AvgIpc) is 3.01. The van der Waals surface area contributed by atoms with E-state index >= 15 is 0 Å². The fraction of sp³-hybridized carbons (Fsp3) is 0.500. The van der Waals surface area contributed by atoms with Crippen LogP contribution >= 0.6 is 23.7 Å². The summed E-state index contributed by atoms with van der Waals surface area (Å²) < 4.78 is 11.6. The topological polar surface area (TPSA) is 56.3 Å². The van der Waals surface area contributed by atoms with Crippen molar-refractivity contribution in [2.24, 2.45) is 0 Å². The van der Waals surface area contributed by atoms with Crippen LogP contribution in [0.1, 0.15) is 23.3 Å². The summed E-state index contributed by atoms with van der Waals surface area (Å²) in [6.07, 6.45) is 6.43. The van der Waals surface area contributed by atoms with Gasteiger partial charge in [-0.25, -0.2) is 9.97 Å². The first-order valence-corrected chi connectivity index (χ1v) is 8.47. The van der Waals surface area contributed by atoms with Gasteiger partial charge in [-0.2, -0.15) is 0 Å². The summed E-state index contributed by atoms with van der Waals surface area (Å²) >= 11 is 1.79. The van der Waals surface area contributed by atoms with Crippen molar-refractivity contribution in [3.63, 3.8) is 0 Å². The van der Waals surface area contributed by atoms with Crippen LogP contribution in [0.5, 0.6) is 5.88 Å². The van der Waals surface area contributed by atoms with Gasteiger partial charge in [0, 0.05) is 17.3 Å². The largest absolute Gasteiger partial charge is 0.479 e. The zero-order chi connectivity index (χ0) is 15.0. The van der Waals surface area contributed by atoms with Gasteiger partial charge in [0.15, 0.2) is 0 Å². The highest BCUT2D eigenvalue weighted by molar-refractivity contribution is 7.15. The van der Waals surface area contributed by atoms with E-state index in [1.165, 1.54) is 10.4 Å². The molecule has 2 aromatic rings. The Morgan fingerprint density at radius 2 is 2.04 bits per heavy atom. The Kier molecular flexibility index (Phi) is 4.87. The second-order valence-corrected chi connectivity index (χ2v) is 6.77. The number of nitrogens with zero attached hydrogens (tertiary/aromatic N) is 2. The average molecular weight is 354 g/mol. The highest BCUT2D eigenvalue weighted by atomic mass is 35.5. The molecule has 2 aromatic heterocycles. The minimum Gasteiger partial charge on any atom is -0.479 e. The molecule has 1 N–H and O–H groups in total. The molecule has 0 radical (unpaired) electrons. The summed E-state index contributed by atoms with van der Waals surface area (Å²) in [6.45, 7) is 2.84. The second kappa shape index (κ2) is 6.73. The van der Waals surface area contributed by atoms with Crippen LogP contribution in [0.15, 0.2) is 18.5 Å². The molecule has 2 aliphatic rings. The molecular formula is C16H20ClN3O2S. The molecule has 0 unspecified atom stereocenters. The minimum atomic E-state index is -0.100. The van der Waals surface area contributed by atoms with Gasteiger partial charge in [0.05, 0.1) is 18.6 Å². The number of aromatic nitrogens is 2. The normalized spacial score (nSPS) is 19.0. The van der Waals surface area contributed by atoms with Crippen LogP contribution in [-0.2, 0) is 16.8 Å². The SMILES string of the molecule is COc1nccnc1-c1cc2c(s1)C1(CCNCC1)OCC2.Cl. The second-order valence-electron chi connectivity index (χ2n) is 5.72. The van der Waals surface area contributed by atoms with Gasteiger partial charge in [0.2, 0.25) is 5.88 Å². The van der Waals surface area contributed by atoms with Crippen molar-refractivity contribution < 1.29 is 9.47 Å². The lowest BCUT2D eigenvalue weighted by Crippen LogP contribution is -2.43. The molecule has 1 fully saturated rings. The maximum atomic E-state index is 6.24. The molecule has 4 heterocycles. The Bertz CT molecular complexity index is 686. The number of methoxy groups -OCH3 is 1. The van der Waals surface area contributed by atoms with Crippen LogP contribution in [0.2, 0.25) is 0 Å². The zero-order valence-electron chi connectivity index (χ0n) is 13.0. The van der Waals surface area contributed by atoms with Crippen LogP contribution in [0.3, 0.4) is 0 Å². The minimum absolute atomic E-state index is 0. The van der Waals surface area contributed by atoms with Crippen molar-refractivity contribution >= 4 is 23.7 Å². The number of rotatable bonds is 2. The lowest BCUT2D eigenvalue weighted by molar-refractivity contribution is -0.0771. The lowest BCUT2D eigenvalue weighted by atomic mass is 9.86. The molecule has 5 nitrogen and oxygen atoms in total. The highest BCUT2D eigenvalue weighted by Gasteiger charge is 2.41. The maximum Gasteiger partial charge on any atom is 0.241 e. The molecule has 0 aliphatic carbocycles. The summed E-state index contributed by atoms with van der Waals surface area (Å²) in [5.41, 5.74) is 2.13. The zero-order valence-corrected chi connectivity index (χ0v) is 14.6. The molecule has 0 saturated carbocycles. The molecule has 4 rings (SSSR count). The van der Waals surface area contributed by atoms with E-state index in [9.17, 15) is 0 Å². The van der Waals surface area contributed by atoms with Gasteiger partial charge in [-0.3, -0.25) is 0 Å². The maximum absolute atomic E-state index is 6.24. The van der Waals surface area contributed by atoms with Crippen LogP contribution in [0.4, 0.5) is 0 Å². The van der Waals surface area contributed by atoms with Crippen molar-refractivity contribution in [1.82, 2.24) is 15.3 Å². The van der Waals surface area contributed by atoms with Crippen molar-refractivity contribution in [3.05, 3.63) is 28.9 Å². The number of thiophene rings is 1. The smallest absolute Gasteiger partial charge is 0.241 e. The van der Waals surface area contributed by atoms with E-state index in [-0.39, 0.29) is 18.0 Å². The molecule has 0 amide bonds. The van der Waals surface area contributed by atoms with Crippen LogP contribution in [0, 0.1) is 0 Å². The van der Waals surface area contributed by atoms with E-state index in [0.717, 1.165) is 49.5 Å². The fourth-order valence-electron chi connectivity index (χ4n) is 3.38. The predicted molar refractivity (Wildman–Crippen MR) is 92.6 cm³/mol. The molecule has 1 saturated heterocycles. The monoisotopic (exact) mass is 353 g/mol. The van der Waals surface area contributed by atoms with Gasteiger partial charge in [0.1, 0.15) is 11.3 Å². The van der Waals surface area contributed by atoms with Crippen molar-refractivity contribution in [2.45, 2.75) is 24.9 Å². The van der Waals surface area contributed by atoms with E-state index in [2.05, 4.69) is 21.4 Å². The van der Waals surface area contributed by atoms with Crippen molar-refractivity contribution in [2.75, 3.05) is 26.8 Å². The highest BCUT2D eigenvalue weighted by Crippen LogP contribution is 2.47. The first-order chi connectivity index (χ1) is 10.8. The number of hydrogen-bond acceptors (Lipinski definition) is 6. The van der Waals surface area contributed by atoms with Crippen molar-refractivity contribution in [3.8, 4) is 16.5 Å². The standard InChI is InChI=1S/C16H19N3O2S.ClH/c1-20-15-13(18-7-8-19-15)12-10-11-2-9-21-16(14(11)22-12)3-5-17-6-4-16;/h7-8,10,17H,2-6,9H2,1H3;1H. The summed E-state index contributed by atoms with van der Waals surface area (Å²) in [4.78, 5) is 11.2. The molecule has 23 heavy (non-hydrogen) atoms. The molecule has 7 heteroatoms. The van der Waals surface area contributed by atoms with Gasteiger partial charge < -0.3 is 14.8 Å². The molecule has 0 atom stereocenters. The number of piperidine rings is 1. The Morgan fingerprint density at radius 3 is 2.83 bits per heavy atom. The number of halogens is 1. The van der Waals surface area contributed by atoms with E-state index in [1.807, 2.05) is 0 Å². The van der Waals surface area contributed by atoms with Crippen LogP contribution < -0.4 is 10.1 Å². The molecule has 2 aliphatic heterocycles. The summed E-state index contributed by atoms with van der Waals surface area (Å²) in [7, 11) is 1.64. The molecular weight excluding hydrogens is 334 g/mol. The predicted octanol–water partition coefficient (Wildman–Crippen LogP) is 2.79. The Labute approximate surface area is 145 Å². The van der Waals surface area contributed by atoms with Crippen LogP contribution in [0.25, 0.3) is 10.6 Å². The van der Waals surface area contributed by atoms with Gasteiger partial charge >= 0.3 is 0 Å². The number of nitrogens with one attached hydrogen (secondary N) is 1. The lowest BCUT2D eigenvalue weighted by Gasteiger charge is -2.40. The number of fused-ring (bicyclic) bond motifs is 2. The van der Waals surface area contributed by atoms with Gasteiger partial charge in [-0.05, 0) is 44.0 Å². The third-order valence-corrected chi connectivity index (χ3v) is 5.84. The molecule has 0 aromatic carbocycles. The molecule has 124 valence electrons. The third kappa shape index (κ3) is 2.85. The number of hydrogen-bond donors (Lipinski definition) is 1. The molecule has 0 bridgehead atoms. The van der Waals surface area contributed by atoms with Gasteiger partial charge in [0.25, 0.3) is 0 Å². The van der Waals surface area contributed by atoms with Gasteiger partial charge in [-0.15, -0.1) is 23.7 Å². The van der Waals surface area contributed by atoms with E-state index < -0.39 is 0 Å². The third-order valence-electron chi connectivity index (χ3n) is 4.48.